The van der Waals surface area contributed by atoms with E-state index < -0.39 is 0 Å². The van der Waals surface area contributed by atoms with Gasteiger partial charge in [0.25, 0.3) is 0 Å². The molecule has 1 atom stereocenters. The largest absolute Gasteiger partial charge is 0.352 e. The Labute approximate surface area is 68.7 Å². The minimum absolute atomic E-state index is 0.00722. The van der Waals surface area contributed by atoms with Gasteiger partial charge in [0.1, 0.15) is 0 Å². The summed E-state index contributed by atoms with van der Waals surface area (Å²) in [6.45, 7) is 6.85. The van der Waals surface area contributed by atoms with Crippen LogP contribution in [0.25, 0.3) is 0 Å². The van der Waals surface area contributed by atoms with E-state index in [0.29, 0.717) is 5.92 Å². The van der Waals surface area contributed by atoms with E-state index in [1.165, 1.54) is 0 Å². The molecule has 0 aromatic rings. The van der Waals surface area contributed by atoms with Crippen LogP contribution >= 0.6 is 0 Å². The fourth-order valence-electron chi connectivity index (χ4n) is 0.629. The van der Waals surface area contributed by atoms with Crippen molar-refractivity contribution >= 4 is 5.91 Å². The van der Waals surface area contributed by atoms with Crippen LogP contribution in [0.4, 0.5) is 0 Å². The maximum atomic E-state index is 10.9. The molecule has 0 rings (SSSR count). The molecule has 0 saturated heterocycles. The smallest absolute Gasteiger partial charge is 0.243 e. The number of carbonyl (C=O) groups excluding carboxylic acids is 1. The van der Waals surface area contributed by atoms with Crippen LogP contribution in [0.3, 0.4) is 0 Å². The fraction of sp³-hybridized carbons (Fsp3) is 0.667. The zero-order valence-corrected chi connectivity index (χ0v) is 7.55. The van der Waals surface area contributed by atoms with Gasteiger partial charge in [0.05, 0.1) is 0 Å². The van der Waals surface area contributed by atoms with Crippen LogP contribution in [-0.2, 0) is 4.79 Å². The molecule has 0 aromatic carbocycles. The topological polar surface area (TPSA) is 29.1 Å². The highest BCUT2D eigenvalue weighted by molar-refractivity contribution is 5.87. The SMILES string of the molecule is C/C=C/C(=O)NCC(C)CC. The third-order valence-electron chi connectivity index (χ3n) is 1.64. The second-order valence-corrected chi connectivity index (χ2v) is 2.76. The van der Waals surface area contributed by atoms with Crippen molar-refractivity contribution in [2.45, 2.75) is 27.2 Å². The molecule has 0 heterocycles. The van der Waals surface area contributed by atoms with E-state index in [2.05, 4.69) is 19.2 Å². The van der Waals surface area contributed by atoms with Gasteiger partial charge < -0.3 is 5.32 Å². The molecule has 1 N–H and O–H groups in total. The van der Waals surface area contributed by atoms with Crippen LogP contribution in [0.1, 0.15) is 27.2 Å². The molecule has 0 saturated carbocycles. The van der Waals surface area contributed by atoms with Gasteiger partial charge in [-0.1, -0.05) is 26.3 Å². The van der Waals surface area contributed by atoms with Crippen molar-refractivity contribution in [3.63, 3.8) is 0 Å². The molecule has 0 fully saturated rings. The van der Waals surface area contributed by atoms with Crippen molar-refractivity contribution in [2.24, 2.45) is 5.92 Å². The van der Waals surface area contributed by atoms with Crippen LogP contribution < -0.4 is 5.32 Å². The zero-order valence-electron chi connectivity index (χ0n) is 7.55. The van der Waals surface area contributed by atoms with Crippen molar-refractivity contribution in [1.29, 1.82) is 0 Å². The van der Waals surface area contributed by atoms with E-state index in [1.807, 2.05) is 6.92 Å². The van der Waals surface area contributed by atoms with Gasteiger partial charge in [-0.05, 0) is 18.9 Å². The Morgan fingerprint density at radius 2 is 2.27 bits per heavy atom. The first-order valence-corrected chi connectivity index (χ1v) is 4.11. The Kier molecular flexibility index (Phi) is 5.53. The third kappa shape index (κ3) is 5.64. The maximum Gasteiger partial charge on any atom is 0.243 e. The van der Waals surface area contributed by atoms with Gasteiger partial charge in [0.2, 0.25) is 5.91 Å². The van der Waals surface area contributed by atoms with Gasteiger partial charge in [-0.15, -0.1) is 0 Å². The fourth-order valence-corrected chi connectivity index (χ4v) is 0.629. The standard InChI is InChI=1S/C9H17NO/c1-4-6-9(11)10-7-8(3)5-2/h4,6,8H,5,7H2,1-3H3,(H,10,11)/b6-4+. The summed E-state index contributed by atoms with van der Waals surface area (Å²) in [5.41, 5.74) is 0. The molecule has 2 heteroatoms. The molecule has 0 aromatic heterocycles. The van der Waals surface area contributed by atoms with E-state index >= 15 is 0 Å². The third-order valence-corrected chi connectivity index (χ3v) is 1.64. The number of amides is 1. The molecule has 2 nitrogen and oxygen atoms in total. The average Bonchev–Trinajstić information content (AvgIpc) is 2.01. The normalized spacial score (nSPS) is 13.4. The Morgan fingerprint density at radius 1 is 1.64 bits per heavy atom. The van der Waals surface area contributed by atoms with Crippen LogP contribution in [0.15, 0.2) is 12.2 Å². The van der Waals surface area contributed by atoms with Gasteiger partial charge >= 0.3 is 0 Å². The molecule has 1 unspecified atom stereocenters. The highest BCUT2D eigenvalue weighted by Gasteiger charge is 1.99. The van der Waals surface area contributed by atoms with Gasteiger partial charge in [-0.25, -0.2) is 0 Å². The maximum absolute atomic E-state index is 10.9. The quantitative estimate of drug-likeness (QED) is 0.615. The van der Waals surface area contributed by atoms with Crippen LogP contribution in [0, 0.1) is 5.92 Å². The first-order chi connectivity index (χ1) is 5.20. The molecule has 0 bridgehead atoms. The van der Waals surface area contributed by atoms with Crippen molar-refractivity contribution in [3.05, 3.63) is 12.2 Å². The summed E-state index contributed by atoms with van der Waals surface area (Å²) in [5, 5.41) is 2.81. The molecular formula is C9H17NO. The lowest BCUT2D eigenvalue weighted by atomic mass is 10.1. The molecule has 11 heavy (non-hydrogen) atoms. The van der Waals surface area contributed by atoms with E-state index in [9.17, 15) is 4.79 Å². The number of rotatable bonds is 4. The van der Waals surface area contributed by atoms with Crippen molar-refractivity contribution in [3.8, 4) is 0 Å². The Hall–Kier alpha value is -0.790. The van der Waals surface area contributed by atoms with Crippen molar-refractivity contribution < 1.29 is 4.79 Å². The molecule has 1 amide bonds. The number of hydrogen-bond acceptors (Lipinski definition) is 1. The van der Waals surface area contributed by atoms with Crippen LogP contribution in [0.2, 0.25) is 0 Å². The highest BCUT2D eigenvalue weighted by Crippen LogP contribution is 1.96. The Balaban J connectivity index is 3.45. The summed E-state index contributed by atoms with van der Waals surface area (Å²) in [5.74, 6) is 0.581. The lowest BCUT2D eigenvalue weighted by molar-refractivity contribution is -0.116. The number of hydrogen-bond donors (Lipinski definition) is 1. The van der Waals surface area contributed by atoms with E-state index in [4.69, 9.17) is 0 Å². The minimum Gasteiger partial charge on any atom is -0.352 e. The molecule has 0 aliphatic carbocycles. The van der Waals surface area contributed by atoms with Gasteiger partial charge in [0.15, 0.2) is 0 Å². The predicted octanol–water partition coefficient (Wildman–Crippen LogP) is 1.72. The van der Waals surface area contributed by atoms with Gasteiger partial charge in [-0.2, -0.15) is 0 Å². The van der Waals surface area contributed by atoms with Gasteiger partial charge in [0, 0.05) is 6.54 Å². The van der Waals surface area contributed by atoms with Crippen LogP contribution in [0.5, 0.6) is 0 Å². The summed E-state index contributed by atoms with van der Waals surface area (Å²) < 4.78 is 0. The van der Waals surface area contributed by atoms with Crippen molar-refractivity contribution in [2.75, 3.05) is 6.54 Å². The van der Waals surface area contributed by atoms with E-state index in [0.717, 1.165) is 13.0 Å². The molecule has 0 radical (unpaired) electrons. The average molecular weight is 155 g/mol. The summed E-state index contributed by atoms with van der Waals surface area (Å²) >= 11 is 0. The molecule has 0 aliphatic rings. The number of carbonyl (C=O) groups is 1. The summed E-state index contributed by atoms with van der Waals surface area (Å²) in [7, 11) is 0. The second-order valence-electron chi connectivity index (χ2n) is 2.76. The molecule has 0 aliphatic heterocycles. The monoisotopic (exact) mass is 155 g/mol. The van der Waals surface area contributed by atoms with E-state index in [-0.39, 0.29) is 5.91 Å². The molecule has 64 valence electrons. The Bertz CT molecular complexity index is 140. The van der Waals surface area contributed by atoms with E-state index in [1.54, 1.807) is 12.2 Å². The highest BCUT2D eigenvalue weighted by atomic mass is 16.1. The second kappa shape index (κ2) is 5.96. The first-order valence-electron chi connectivity index (χ1n) is 4.11. The van der Waals surface area contributed by atoms with Gasteiger partial charge in [-0.3, -0.25) is 4.79 Å². The summed E-state index contributed by atoms with van der Waals surface area (Å²) in [4.78, 5) is 10.9. The number of allylic oxidation sites excluding steroid dienone is 1. The summed E-state index contributed by atoms with van der Waals surface area (Å²) in [6, 6.07) is 0. The zero-order chi connectivity index (χ0) is 8.69. The number of nitrogens with one attached hydrogen (secondary N) is 1. The Morgan fingerprint density at radius 3 is 2.73 bits per heavy atom. The van der Waals surface area contributed by atoms with Crippen LogP contribution in [-0.4, -0.2) is 12.5 Å². The lowest BCUT2D eigenvalue weighted by Gasteiger charge is -2.07. The molecular weight excluding hydrogens is 138 g/mol. The first kappa shape index (κ1) is 10.2. The predicted molar refractivity (Wildman–Crippen MR) is 47.3 cm³/mol. The van der Waals surface area contributed by atoms with Crippen molar-refractivity contribution in [1.82, 2.24) is 5.32 Å². The lowest BCUT2D eigenvalue weighted by Crippen LogP contribution is -2.26. The minimum atomic E-state index is 0.00722. The molecule has 0 spiro atoms. The summed E-state index contributed by atoms with van der Waals surface area (Å²) in [6.07, 6.45) is 4.39.